The zero-order valence-electron chi connectivity index (χ0n) is 15.5. The number of hydrogen-bond donors (Lipinski definition) is 3. The number of aromatic nitrogens is 1. The van der Waals surface area contributed by atoms with Crippen LogP contribution in [0.4, 0.5) is 0 Å². The largest absolute Gasteiger partial charge is 0.459 e. The summed E-state index contributed by atoms with van der Waals surface area (Å²) in [5.74, 6) is -0.224. The van der Waals surface area contributed by atoms with E-state index in [4.69, 9.17) is 9.94 Å². The lowest BCUT2D eigenvalue weighted by molar-refractivity contribution is -0.152. The van der Waals surface area contributed by atoms with Gasteiger partial charge in [0.25, 0.3) is 5.91 Å². The molecule has 1 aliphatic rings. The minimum atomic E-state index is -0.734. The Kier molecular flexibility index (Phi) is 6.88. The summed E-state index contributed by atoms with van der Waals surface area (Å²) in [5, 5.41) is 11.8. The number of pyridine rings is 1. The second kappa shape index (κ2) is 8.91. The number of nitrogens with one attached hydrogen (secondary N) is 2. The predicted octanol–water partition coefficient (Wildman–Crippen LogP) is 2.20. The third kappa shape index (κ3) is 5.93. The van der Waals surface area contributed by atoms with Crippen LogP contribution in [0.2, 0.25) is 0 Å². The Morgan fingerprint density at radius 3 is 2.73 bits per heavy atom. The van der Waals surface area contributed by atoms with Gasteiger partial charge >= 0.3 is 5.97 Å². The van der Waals surface area contributed by atoms with Crippen LogP contribution in [-0.2, 0) is 20.9 Å². The Balaban J connectivity index is 1.84. The molecular weight excluding hydrogens is 334 g/mol. The lowest BCUT2D eigenvalue weighted by atomic mass is 10.0. The minimum Gasteiger partial charge on any atom is -0.459 e. The summed E-state index contributed by atoms with van der Waals surface area (Å²) in [6.07, 6.45) is 7.59. The normalized spacial score (nSPS) is 20.3. The summed E-state index contributed by atoms with van der Waals surface area (Å²) in [6, 6.07) is 3.83. The number of esters is 1. The number of carbonyl (C=O) groups excluding carboxylic acids is 2. The topological polar surface area (TPSA) is 101 Å². The van der Waals surface area contributed by atoms with Crippen LogP contribution in [0.3, 0.4) is 0 Å². The Bertz CT molecular complexity index is 655. The van der Waals surface area contributed by atoms with Gasteiger partial charge in [0.1, 0.15) is 12.1 Å². The second-order valence-corrected chi connectivity index (χ2v) is 7.36. The van der Waals surface area contributed by atoms with Gasteiger partial charge in [-0.05, 0) is 51.2 Å². The summed E-state index contributed by atoms with van der Waals surface area (Å²) in [7, 11) is 0. The van der Waals surface area contributed by atoms with Crippen molar-refractivity contribution in [1.29, 1.82) is 0 Å². The minimum absolute atomic E-state index is 0.138. The summed E-state index contributed by atoms with van der Waals surface area (Å²) in [4.78, 5) is 27.5. The molecule has 1 heterocycles. The zero-order chi connectivity index (χ0) is 19.2. The van der Waals surface area contributed by atoms with Gasteiger partial charge in [-0.15, -0.1) is 0 Å². The van der Waals surface area contributed by atoms with E-state index in [0.717, 1.165) is 18.4 Å². The maximum atomic E-state index is 12.4. The molecule has 1 aromatic heterocycles. The first-order chi connectivity index (χ1) is 12.3. The van der Waals surface area contributed by atoms with E-state index < -0.39 is 11.4 Å². The van der Waals surface area contributed by atoms with Crippen LogP contribution in [0, 0.1) is 5.92 Å². The number of nitrogens with zero attached hydrogens (tertiary/aromatic N) is 1. The standard InChI is InChI=1S/C19H27N3O4/c1-13-4-6-16(10-13)21-19(2,3)18(24)26-12-14-5-7-15(20-11-14)8-9-17(23)22-25/h5,7-9,11,13,16,21,25H,4,6,10,12H2,1-3H3,(H,22,23). The van der Waals surface area contributed by atoms with Gasteiger partial charge in [-0.25, -0.2) is 5.48 Å². The van der Waals surface area contributed by atoms with E-state index in [1.165, 1.54) is 24.1 Å². The number of amides is 1. The van der Waals surface area contributed by atoms with Gasteiger partial charge in [-0.2, -0.15) is 0 Å². The molecular formula is C19H27N3O4. The fourth-order valence-corrected chi connectivity index (χ4v) is 3.05. The molecule has 26 heavy (non-hydrogen) atoms. The molecule has 1 aromatic rings. The van der Waals surface area contributed by atoms with Gasteiger partial charge in [-0.3, -0.25) is 25.1 Å². The molecule has 7 heteroatoms. The van der Waals surface area contributed by atoms with Crippen LogP contribution in [0.5, 0.6) is 0 Å². The van der Waals surface area contributed by atoms with Crippen molar-refractivity contribution in [3.63, 3.8) is 0 Å². The number of ether oxygens (including phenoxy) is 1. The molecule has 0 bridgehead atoms. The van der Waals surface area contributed by atoms with Gasteiger partial charge in [-0.1, -0.05) is 13.0 Å². The van der Waals surface area contributed by atoms with E-state index in [9.17, 15) is 9.59 Å². The lowest BCUT2D eigenvalue weighted by Crippen LogP contribution is -2.51. The van der Waals surface area contributed by atoms with Crippen LogP contribution in [0.25, 0.3) is 6.08 Å². The first-order valence-electron chi connectivity index (χ1n) is 8.82. The Hall–Kier alpha value is -2.25. The zero-order valence-corrected chi connectivity index (χ0v) is 15.5. The Morgan fingerprint density at radius 1 is 1.38 bits per heavy atom. The molecule has 1 saturated carbocycles. The van der Waals surface area contributed by atoms with E-state index in [1.54, 1.807) is 18.3 Å². The number of hydroxylamine groups is 1. The summed E-state index contributed by atoms with van der Waals surface area (Å²) in [5.41, 5.74) is 2.08. The van der Waals surface area contributed by atoms with Crippen molar-refractivity contribution in [3.8, 4) is 0 Å². The molecule has 1 amide bonds. The molecule has 0 aliphatic heterocycles. The van der Waals surface area contributed by atoms with Gasteiger partial charge in [0.15, 0.2) is 0 Å². The van der Waals surface area contributed by atoms with E-state index >= 15 is 0 Å². The molecule has 0 saturated heterocycles. The molecule has 2 unspecified atom stereocenters. The van der Waals surface area contributed by atoms with Gasteiger partial charge < -0.3 is 4.74 Å². The highest BCUT2D eigenvalue weighted by molar-refractivity contribution is 5.90. The Labute approximate surface area is 153 Å². The second-order valence-electron chi connectivity index (χ2n) is 7.36. The third-order valence-electron chi connectivity index (χ3n) is 4.50. The summed E-state index contributed by atoms with van der Waals surface area (Å²) in [6.45, 7) is 6.06. The maximum Gasteiger partial charge on any atom is 0.326 e. The van der Waals surface area contributed by atoms with E-state index in [-0.39, 0.29) is 12.6 Å². The van der Waals surface area contributed by atoms with Gasteiger partial charge in [0, 0.05) is 23.9 Å². The number of hydrogen-bond acceptors (Lipinski definition) is 6. The van der Waals surface area contributed by atoms with E-state index in [2.05, 4.69) is 17.2 Å². The lowest BCUT2D eigenvalue weighted by Gasteiger charge is -2.28. The molecule has 1 aliphatic carbocycles. The first-order valence-corrected chi connectivity index (χ1v) is 8.82. The molecule has 0 spiro atoms. The molecule has 0 aromatic carbocycles. The van der Waals surface area contributed by atoms with Crippen molar-refractivity contribution in [2.24, 2.45) is 5.92 Å². The molecule has 142 valence electrons. The van der Waals surface area contributed by atoms with E-state index in [1.807, 2.05) is 13.8 Å². The SMILES string of the molecule is CC1CCC(NC(C)(C)C(=O)OCc2ccc(C=CC(=O)NO)nc2)C1. The van der Waals surface area contributed by atoms with Crippen molar-refractivity contribution >= 4 is 18.0 Å². The van der Waals surface area contributed by atoms with Crippen molar-refractivity contribution in [3.05, 3.63) is 35.7 Å². The van der Waals surface area contributed by atoms with Crippen molar-refractivity contribution in [2.45, 2.75) is 58.2 Å². The van der Waals surface area contributed by atoms with Gasteiger partial charge in [0.05, 0.1) is 5.69 Å². The first kappa shape index (κ1) is 20.1. The van der Waals surface area contributed by atoms with E-state index in [0.29, 0.717) is 17.7 Å². The molecule has 3 N–H and O–H groups in total. The fraction of sp³-hybridized carbons (Fsp3) is 0.526. The summed E-state index contributed by atoms with van der Waals surface area (Å²) >= 11 is 0. The molecule has 2 rings (SSSR count). The monoisotopic (exact) mass is 361 g/mol. The maximum absolute atomic E-state index is 12.4. The predicted molar refractivity (Wildman–Crippen MR) is 97.0 cm³/mol. The molecule has 1 fully saturated rings. The quantitative estimate of drug-likeness (QED) is 0.298. The highest BCUT2D eigenvalue weighted by Crippen LogP contribution is 2.26. The average Bonchev–Trinajstić information content (AvgIpc) is 3.02. The van der Waals surface area contributed by atoms with Crippen molar-refractivity contribution < 1.29 is 19.5 Å². The highest BCUT2D eigenvalue weighted by Gasteiger charge is 2.34. The number of carbonyl (C=O) groups is 2. The highest BCUT2D eigenvalue weighted by atomic mass is 16.5. The van der Waals surface area contributed by atoms with Crippen LogP contribution < -0.4 is 10.8 Å². The van der Waals surface area contributed by atoms with Crippen LogP contribution in [-0.4, -0.2) is 33.6 Å². The smallest absolute Gasteiger partial charge is 0.326 e. The number of rotatable bonds is 7. The van der Waals surface area contributed by atoms with Crippen molar-refractivity contribution in [1.82, 2.24) is 15.8 Å². The summed E-state index contributed by atoms with van der Waals surface area (Å²) < 4.78 is 5.43. The van der Waals surface area contributed by atoms with Crippen LogP contribution in [0.15, 0.2) is 24.4 Å². The molecule has 7 nitrogen and oxygen atoms in total. The van der Waals surface area contributed by atoms with Crippen molar-refractivity contribution in [2.75, 3.05) is 0 Å². The van der Waals surface area contributed by atoms with Gasteiger partial charge in [0.2, 0.25) is 0 Å². The van der Waals surface area contributed by atoms with Crippen LogP contribution in [0.1, 0.15) is 51.3 Å². The third-order valence-corrected chi connectivity index (χ3v) is 4.50. The Morgan fingerprint density at radius 2 is 2.15 bits per heavy atom. The van der Waals surface area contributed by atoms with Crippen LogP contribution >= 0.6 is 0 Å². The molecule has 0 radical (unpaired) electrons. The fourth-order valence-electron chi connectivity index (χ4n) is 3.05. The molecule has 2 atom stereocenters. The average molecular weight is 361 g/mol.